The molecule has 3 aromatic rings. The quantitative estimate of drug-likeness (QED) is 0.738. The third-order valence-electron chi connectivity index (χ3n) is 5.39. The van der Waals surface area contributed by atoms with Crippen LogP contribution in [-0.2, 0) is 11.3 Å². The van der Waals surface area contributed by atoms with Crippen molar-refractivity contribution in [2.45, 2.75) is 13.5 Å². The van der Waals surface area contributed by atoms with Gasteiger partial charge in [0.1, 0.15) is 6.54 Å². The number of carbonyl (C=O) groups excluding carboxylic acids is 1. The van der Waals surface area contributed by atoms with Gasteiger partial charge >= 0.3 is 0 Å². The van der Waals surface area contributed by atoms with Gasteiger partial charge in [0.25, 0.3) is 5.56 Å². The van der Waals surface area contributed by atoms with E-state index in [1.54, 1.807) is 6.07 Å². The number of aromatic nitrogens is 2. The van der Waals surface area contributed by atoms with E-state index in [-0.39, 0.29) is 18.0 Å². The summed E-state index contributed by atoms with van der Waals surface area (Å²) < 4.78 is 1.34. The molecule has 1 fully saturated rings. The van der Waals surface area contributed by atoms with Crippen LogP contribution < -0.4 is 15.8 Å². The molecule has 2 aromatic carbocycles. The Morgan fingerprint density at radius 1 is 1.07 bits per heavy atom. The van der Waals surface area contributed by atoms with Crippen molar-refractivity contribution in [2.24, 2.45) is 0 Å². The third kappa shape index (κ3) is 4.14. The Hall–Kier alpha value is -3.19. The monoisotopic (exact) mass is 391 g/mol. The Balaban J connectivity index is 1.43. The Kier molecular flexibility index (Phi) is 5.31. The van der Waals surface area contributed by atoms with Gasteiger partial charge in [-0.25, -0.2) is 4.98 Å². The van der Waals surface area contributed by atoms with E-state index in [1.165, 1.54) is 10.9 Å². The second-order valence-corrected chi connectivity index (χ2v) is 7.53. The Morgan fingerprint density at radius 3 is 2.52 bits per heavy atom. The van der Waals surface area contributed by atoms with E-state index in [9.17, 15) is 9.59 Å². The molecule has 0 saturated carbocycles. The second kappa shape index (κ2) is 8.05. The van der Waals surface area contributed by atoms with Crippen LogP contribution in [0.1, 0.15) is 5.56 Å². The zero-order valence-corrected chi connectivity index (χ0v) is 16.8. The Morgan fingerprint density at radius 2 is 1.79 bits per heavy atom. The number of benzene rings is 2. The number of amides is 1. The summed E-state index contributed by atoms with van der Waals surface area (Å²) in [5.41, 5.74) is 3.27. The molecule has 1 aliphatic heterocycles. The number of likely N-dealkylation sites (N-methyl/N-ethyl adjacent to an activating group) is 1. The first-order chi connectivity index (χ1) is 14.0. The number of nitrogens with one attached hydrogen (secondary N) is 1. The van der Waals surface area contributed by atoms with Gasteiger partial charge in [0.05, 0.1) is 17.2 Å². The lowest BCUT2D eigenvalue weighted by Gasteiger charge is -2.34. The largest absolute Gasteiger partial charge is 0.369 e. The SMILES string of the molecule is Cc1cccc2c(=O)n(CC(=O)Nc3ccc(N4CCN(C)CC4)cc3)cnc12. The number of para-hydroxylation sites is 1. The van der Waals surface area contributed by atoms with E-state index in [0.29, 0.717) is 16.6 Å². The summed E-state index contributed by atoms with van der Waals surface area (Å²) >= 11 is 0. The smallest absolute Gasteiger partial charge is 0.261 e. The highest BCUT2D eigenvalue weighted by Gasteiger charge is 2.14. The molecular weight excluding hydrogens is 366 g/mol. The molecule has 29 heavy (non-hydrogen) atoms. The molecule has 1 N–H and O–H groups in total. The van der Waals surface area contributed by atoms with Crippen LogP contribution >= 0.6 is 0 Å². The lowest BCUT2D eigenvalue weighted by atomic mass is 10.1. The molecule has 2 heterocycles. The van der Waals surface area contributed by atoms with Crippen LogP contribution in [0, 0.1) is 6.92 Å². The van der Waals surface area contributed by atoms with Crippen LogP contribution in [0.15, 0.2) is 53.6 Å². The van der Waals surface area contributed by atoms with Gasteiger partial charge in [-0.3, -0.25) is 14.2 Å². The number of carbonyl (C=O) groups is 1. The van der Waals surface area contributed by atoms with E-state index < -0.39 is 0 Å². The van der Waals surface area contributed by atoms with E-state index >= 15 is 0 Å². The fourth-order valence-electron chi connectivity index (χ4n) is 3.63. The van der Waals surface area contributed by atoms with Crippen molar-refractivity contribution in [2.75, 3.05) is 43.4 Å². The predicted octanol–water partition coefficient (Wildman–Crippen LogP) is 2.10. The molecule has 1 amide bonds. The van der Waals surface area contributed by atoms with Crippen molar-refractivity contribution >= 4 is 28.2 Å². The number of hydrogen-bond acceptors (Lipinski definition) is 5. The third-order valence-corrected chi connectivity index (χ3v) is 5.39. The second-order valence-electron chi connectivity index (χ2n) is 7.53. The first kappa shape index (κ1) is 19.1. The lowest BCUT2D eigenvalue weighted by molar-refractivity contribution is -0.116. The molecule has 7 heteroatoms. The fourth-order valence-corrected chi connectivity index (χ4v) is 3.63. The lowest BCUT2D eigenvalue weighted by Crippen LogP contribution is -2.44. The molecule has 1 aromatic heterocycles. The molecule has 4 rings (SSSR count). The summed E-state index contributed by atoms with van der Waals surface area (Å²) in [6.07, 6.45) is 1.44. The maximum atomic E-state index is 12.6. The summed E-state index contributed by atoms with van der Waals surface area (Å²) in [4.78, 5) is 34.1. The highest BCUT2D eigenvalue weighted by atomic mass is 16.2. The normalized spacial score (nSPS) is 14.9. The average Bonchev–Trinajstić information content (AvgIpc) is 2.72. The molecule has 0 bridgehead atoms. The summed E-state index contributed by atoms with van der Waals surface area (Å²) in [5, 5.41) is 3.39. The van der Waals surface area contributed by atoms with Gasteiger partial charge in [-0.15, -0.1) is 0 Å². The van der Waals surface area contributed by atoms with Gasteiger partial charge in [-0.2, -0.15) is 0 Å². The number of fused-ring (bicyclic) bond motifs is 1. The van der Waals surface area contributed by atoms with Crippen LogP contribution in [0.3, 0.4) is 0 Å². The van der Waals surface area contributed by atoms with Crippen molar-refractivity contribution in [3.05, 3.63) is 64.7 Å². The maximum absolute atomic E-state index is 12.6. The van der Waals surface area contributed by atoms with Crippen molar-refractivity contribution in [3.8, 4) is 0 Å². The zero-order valence-electron chi connectivity index (χ0n) is 16.8. The van der Waals surface area contributed by atoms with Gasteiger partial charge in [-0.05, 0) is 49.9 Å². The van der Waals surface area contributed by atoms with Crippen molar-refractivity contribution < 1.29 is 4.79 Å². The van der Waals surface area contributed by atoms with E-state index in [0.717, 1.165) is 37.4 Å². The van der Waals surface area contributed by atoms with E-state index in [4.69, 9.17) is 0 Å². The van der Waals surface area contributed by atoms with Gasteiger partial charge in [-0.1, -0.05) is 12.1 Å². The molecule has 0 aliphatic carbocycles. The molecule has 1 aliphatic rings. The zero-order chi connectivity index (χ0) is 20.4. The number of anilines is 2. The highest BCUT2D eigenvalue weighted by molar-refractivity contribution is 5.91. The van der Waals surface area contributed by atoms with E-state index in [2.05, 4.69) is 27.1 Å². The molecular formula is C22H25N5O2. The minimum absolute atomic E-state index is 0.0735. The summed E-state index contributed by atoms with van der Waals surface area (Å²) in [7, 11) is 2.13. The van der Waals surface area contributed by atoms with Crippen molar-refractivity contribution in [1.29, 1.82) is 0 Å². The van der Waals surface area contributed by atoms with Crippen LogP contribution in [0.25, 0.3) is 10.9 Å². The average molecular weight is 391 g/mol. The topological polar surface area (TPSA) is 70.5 Å². The number of hydrogen-bond donors (Lipinski definition) is 1. The Labute approximate surface area is 169 Å². The predicted molar refractivity (Wildman–Crippen MR) is 116 cm³/mol. The molecule has 0 atom stereocenters. The molecule has 0 unspecified atom stereocenters. The number of rotatable bonds is 4. The van der Waals surface area contributed by atoms with Gasteiger partial charge in [0.15, 0.2) is 0 Å². The summed E-state index contributed by atoms with van der Waals surface area (Å²) in [6.45, 7) is 5.94. The molecule has 1 saturated heterocycles. The summed E-state index contributed by atoms with van der Waals surface area (Å²) in [5.74, 6) is -0.256. The molecule has 0 spiro atoms. The van der Waals surface area contributed by atoms with Crippen molar-refractivity contribution in [1.82, 2.24) is 14.5 Å². The van der Waals surface area contributed by atoms with Crippen LogP contribution in [-0.4, -0.2) is 53.6 Å². The van der Waals surface area contributed by atoms with Gasteiger partial charge in [0, 0.05) is 37.6 Å². The number of aryl methyl sites for hydroxylation is 1. The van der Waals surface area contributed by atoms with E-state index in [1.807, 2.05) is 43.3 Å². The van der Waals surface area contributed by atoms with Gasteiger partial charge < -0.3 is 15.1 Å². The first-order valence-corrected chi connectivity index (χ1v) is 9.79. The molecule has 0 radical (unpaired) electrons. The highest BCUT2D eigenvalue weighted by Crippen LogP contribution is 2.19. The first-order valence-electron chi connectivity index (χ1n) is 9.79. The van der Waals surface area contributed by atoms with Crippen LogP contribution in [0.2, 0.25) is 0 Å². The number of nitrogens with zero attached hydrogens (tertiary/aromatic N) is 4. The van der Waals surface area contributed by atoms with Crippen LogP contribution in [0.4, 0.5) is 11.4 Å². The standard InChI is InChI=1S/C22H25N5O2/c1-16-4-3-5-19-21(16)23-15-27(22(19)29)14-20(28)24-17-6-8-18(9-7-17)26-12-10-25(2)11-13-26/h3-9,15H,10-14H2,1-2H3,(H,24,28). The molecule has 7 nitrogen and oxygen atoms in total. The summed E-state index contributed by atoms with van der Waals surface area (Å²) in [6, 6.07) is 13.3. The fraction of sp³-hybridized carbons (Fsp3) is 0.318. The van der Waals surface area contributed by atoms with Crippen LogP contribution in [0.5, 0.6) is 0 Å². The Bertz CT molecular complexity index is 1080. The number of piperazine rings is 1. The minimum Gasteiger partial charge on any atom is -0.369 e. The van der Waals surface area contributed by atoms with Gasteiger partial charge in [0.2, 0.25) is 5.91 Å². The minimum atomic E-state index is -0.256. The molecule has 150 valence electrons. The van der Waals surface area contributed by atoms with Crippen molar-refractivity contribution in [3.63, 3.8) is 0 Å². The maximum Gasteiger partial charge on any atom is 0.261 e.